The molecule has 2 unspecified atom stereocenters. The first-order chi connectivity index (χ1) is 9.74. The van der Waals surface area contributed by atoms with Crippen LogP contribution >= 0.6 is 0 Å². The molecule has 20 heavy (non-hydrogen) atoms. The number of nitrogen functional groups attached to an aromatic ring is 1. The van der Waals surface area contributed by atoms with Crippen molar-refractivity contribution in [2.24, 2.45) is 5.92 Å². The molecule has 3 nitrogen and oxygen atoms in total. The molecule has 0 radical (unpaired) electrons. The van der Waals surface area contributed by atoms with Crippen LogP contribution < -0.4 is 10.6 Å². The predicted molar refractivity (Wildman–Crippen MR) is 86.1 cm³/mol. The molecule has 110 valence electrons. The van der Waals surface area contributed by atoms with Crippen molar-refractivity contribution >= 4 is 11.4 Å². The highest BCUT2D eigenvalue weighted by atomic mass is 15.3. The highest BCUT2D eigenvalue weighted by Crippen LogP contribution is 2.29. The number of benzene rings is 1. The molecule has 1 aliphatic carbocycles. The Balaban J connectivity index is 1.59. The van der Waals surface area contributed by atoms with Crippen molar-refractivity contribution in [1.82, 2.24) is 4.90 Å². The number of hydrogen-bond donors (Lipinski definition) is 1. The maximum Gasteiger partial charge on any atom is 0.0387 e. The number of anilines is 2. The lowest BCUT2D eigenvalue weighted by molar-refractivity contribution is 0.106. The number of nitrogens with zero attached hydrogens (tertiary/aromatic N) is 2. The maximum atomic E-state index is 5.89. The lowest BCUT2D eigenvalue weighted by Gasteiger charge is -2.44. The van der Waals surface area contributed by atoms with E-state index in [9.17, 15) is 0 Å². The minimum absolute atomic E-state index is 0.826. The Kier molecular flexibility index (Phi) is 4.16. The van der Waals surface area contributed by atoms with Gasteiger partial charge < -0.3 is 10.6 Å². The minimum atomic E-state index is 0.826. The highest BCUT2D eigenvalue weighted by molar-refractivity contribution is 5.56. The van der Waals surface area contributed by atoms with Crippen molar-refractivity contribution in [3.05, 3.63) is 24.3 Å². The van der Waals surface area contributed by atoms with Crippen LogP contribution in [0.4, 0.5) is 11.4 Å². The molecule has 0 spiro atoms. The monoisotopic (exact) mass is 273 g/mol. The van der Waals surface area contributed by atoms with E-state index in [1.54, 1.807) is 0 Å². The lowest BCUT2D eigenvalue weighted by atomic mass is 9.84. The smallest absolute Gasteiger partial charge is 0.0387 e. The van der Waals surface area contributed by atoms with Crippen LogP contribution in [0.25, 0.3) is 0 Å². The van der Waals surface area contributed by atoms with Gasteiger partial charge in [-0.25, -0.2) is 0 Å². The molecule has 2 atom stereocenters. The average Bonchev–Trinajstić information content (AvgIpc) is 2.48. The van der Waals surface area contributed by atoms with Gasteiger partial charge in [-0.05, 0) is 37.0 Å². The van der Waals surface area contributed by atoms with Crippen LogP contribution in [0.3, 0.4) is 0 Å². The van der Waals surface area contributed by atoms with Gasteiger partial charge in [0.25, 0.3) is 0 Å². The average molecular weight is 273 g/mol. The molecule has 1 saturated carbocycles. The van der Waals surface area contributed by atoms with Crippen LogP contribution in [0.5, 0.6) is 0 Å². The largest absolute Gasteiger partial charge is 0.399 e. The van der Waals surface area contributed by atoms with Crippen LogP contribution in [0, 0.1) is 5.92 Å². The van der Waals surface area contributed by atoms with E-state index in [4.69, 9.17) is 5.73 Å². The first-order valence-electron chi connectivity index (χ1n) is 8.08. The van der Waals surface area contributed by atoms with Crippen LogP contribution in [0.1, 0.15) is 32.6 Å². The normalized spacial score (nSPS) is 28.6. The molecule has 2 aliphatic rings. The summed E-state index contributed by atoms with van der Waals surface area (Å²) in [6.45, 7) is 7.10. The molecule has 1 aromatic rings. The summed E-state index contributed by atoms with van der Waals surface area (Å²) in [4.78, 5) is 5.20. The number of rotatable bonds is 2. The molecule has 1 aliphatic heterocycles. The molecule has 0 aromatic heterocycles. The van der Waals surface area contributed by atoms with Crippen LogP contribution in [0.15, 0.2) is 24.3 Å². The molecule has 3 rings (SSSR count). The van der Waals surface area contributed by atoms with E-state index in [1.807, 2.05) is 6.07 Å². The Morgan fingerprint density at radius 3 is 2.50 bits per heavy atom. The summed E-state index contributed by atoms with van der Waals surface area (Å²) >= 11 is 0. The molecule has 2 fully saturated rings. The predicted octanol–water partition coefficient (Wildman–Crippen LogP) is 2.97. The zero-order valence-corrected chi connectivity index (χ0v) is 12.6. The summed E-state index contributed by atoms with van der Waals surface area (Å²) in [7, 11) is 0. The van der Waals surface area contributed by atoms with Crippen molar-refractivity contribution < 1.29 is 0 Å². The van der Waals surface area contributed by atoms with E-state index >= 15 is 0 Å². The molecule has 1 heterocycles. The fourth-order valence-electron chi connectivity index (χ4n) is 3.87. The summed E-state index contributed by atoms with van der Waals surface area (Å²) in [6, 6.07) is 9.12. The molecular formula is C17H27N3. The van der Waals surface area contributed by atoms with E-state index < -0.39 is 0 Å². The number of nitrogens with two attached hydrogens (primary N) is 1. The second-order valence-electron chi connectivity index (χ2n) is 6.45. The van der Waals surface area contributed by atoms with Gasteiger partial charge in [0.2, 0.25) is 0 Å². The third kappa shape index (κ3) is 2.93. The Morgan fingerprint density at radius 2 is 1.80 bits per heavy atom. The van der Waals surface area contributed by atoms with E-state index in [0.717, 1.165) is 30.7 Å². The van der Waals surface area contributed by atoms with E-state index in [0.29, 0.717) is 0 Å². The van der Waals surface area contributed by atoms with Gasteiger partial charge in [-0.1, -0.05) is 25.8 Å². The van der Waals surface area contributed by atoms with Gasteiger partial charge in [-0.2, -0.15) is 0 Å². The van der Waals surface area contributed by atoms with Gasteiger partial charge in [0.05, 0.1) is 0 Å². The standard InChI is InChI=1S/C17H27N3/c1-14-5-2-3-8-17(14)20-11-9-19(10-12-20)16-7-4-6-15(18)13-16/h4,6-7,13-14,17H,2-3,5,8-12,18H2,1H3. The van der Waals surface area contributed by atoms with Crippen molar-refractivity contribution in [3.8, 4) is 0 Å². The molecule has 1 saturated heterocycles. The van der Waals surface area contributed by atoms with Gasteiger partial charge in [0, 0.05) is 43.6 Å². The van der Waals surface area contributed by atoms with Gasteiger partial charge in [0.15, 0.2) is 0 Å². The lowest BCUT2D eigenvalue weighted by Crippen LogP contribution is -2.52. The van der Waals surface area contributed by atoms with Crippen molar-refractivity contribution in [2.45, 2.75) is 38.6 Å². The Labute approximate surface area is 122 Å². The second-order valence-corrected chi connectivity index (χ2v) is 6.45. The molecule has 1 aromatic carbocycles. The second kappa shape index (κ2) is 6.04. The van der Waals surface area contributed by atoms with Gasteiger partial charge in [-0.3, -0.25) is 4.90 Å². The SMILES string of the molecule is CC1CCCCC1N1CCN(c2cccc(N)c2)CC1. The third-order valence-corrected chi connectivity index (χ3v) is 5.08. The zero-order chi connectivity index (χ0) is 13.9. The van der Waals surface area contributed by atoms with Crippen LogP contribution in [-0.4, -0.2) is 37.1 Å². The summed E-state index contributed by atoms with van der Waals surface area (Å²) in [5, 5.41) is 0. The number of hydrogen-bond acceptors (Lipinski definition) is 3. The summed E-state index contributed by atoms with van der Waals surface area (Å²) in [6.07, 6.45) is 5.67. The van der Waals surface area contributed by atoms with Crippen molar-refractivity contribution in [2.75, 3.05) is 36.8 Å². The molecule has 0 bridgehead atoms. The van der Waals surface area contributed by atoms with Gasteiger partial charge in [-0.15, -0.1) is 0 Å². The third-order valence-electron chi connectivity index (χ3n) is 5.08. The fraction of sp³-hybridized carbons (Fsp3) is 0.647. The first kappa shape index (κ1) is 13.7. The molecule has 0 amide bonds. The first-order valence-corrected chi connectivity index (χ1v) is 8.08. The number of piperazine rings is 1. The maximum absolute atomic E-state index is 5.89. The Hall–Kier alpha value is -1.22. The Morgan fingerprint density at radius 1 is 1.05 bits per heavy atom. The molecule has 2 N–H and O–H groups in total. The van der Waals surface area contributed by atoms with Gasteiger partial charge in [0.1, 0.15) is 0 Å². The highest BCUT2D eigenvalue weighted by Gasteiger charge is 2.29. The topological polar surface area (TPSA) is 32.5 Å². The summed E-state index contributed by atoms with van der Waals surface area (Å²) in [5.41, 5.74) is 8.04. The van der Waals surface area contributed by atoms with Crippen LogP contribution in [0.2, 0.25) is 0 Å². The van der Waals surface area contributed by atoms with Gasteiger partial charge >= 0.3 is 0 Å². The van der Waals surface area contributed by atoms with Crippen molar-refractivity contribution in [3.63, 3.8) is 0 Å². The Bertz CT molecular complexity index is 438. The van der Waals surface area contributed by atoms with E-state index in [-0.39, 0.29) is 0 Å². The van der Waals surface area contributed by atoms with Crippen molar-refractivity contribution in [1.29, 1.82) is 0 Å². The minimum Gasteiger partial charge on any atom is -0.399 e. The fourth-order valence-corrected chi connectivity index (χ4v) is 3.87. The van der Waals surface area contributed by atoms with E-state index in [1.165, 1.54) is 44.5 Å². The molecular weight excluding hydrogens is 246 g/mol. The zero-order valence-electron chi connectivity index (χ0n) is 12.6. The van der Waals surface area contributed by atoms with E-state index in [2.05, 4.69) is 34.9 Å². The summed E-state index contributed by atoms with van der Waals surface area (Å²) < 4.78 is 0. The summed E-state index contributed by atoms with van der Waals surface area (Å²) in [5.74, 6) is 0.877. The quantitative estimate of drug-likeness (QED) is 0.841. The molecule has 3 heteroatoms. The van der Waals surface area contributed by atoms with Crippen LogP contribution in [-0.2, 0) is 0 Å².